The summed E-state index contributed by atoms with van der Waals surface area (Å²) in [5, 5.41) is 3.36. The van der Waals surface area contributed by atoms with Gasteiger partial charge in [0.1, 0.15) is 11.5 Å². The number of carbonyl (C=O) groups excluding carboxylic acids is 1. The van der Waals surface area contributed by atoms with Gasteiger partial charge >= 0.3 is 0 Å². The highest BCUT2D eigenvalue weighted by molar-refractivity contribution is 5.97. The Balaban J connectivity index is 1.60. The highest BCUT2D eigenvalue weighted by atomic mass is 16.5. The maximum absolute atomic E-state index is 12.4. The van der Waals surface area contributed by atoms with E-state index in [9.17, 15) is 4.79 Å². The molecule has 1 unspecified atom stereocenters. The molecule has 0 amide bonds. The first-order valence-corrected chi connectivity index (χ1v) is 9.47. The van der Waals surface area contributed by atoms with Crippen molar-refractivity contribution in [3.8, 4) is 11.5 Å². The van der Waals surface area contributed by atoms with Crippen molar-refractivity contribution in [3.63, 3.8) is 0 Å². The largest absolute Gasteiger partial charge is 0.497 e. The quantitative estimate of drug-likeness (QED) is 0.688. The summed E-state index contributed by atoms with van der Waals surface area (Å²) in [6, 6.07) is 15.8. The molecule has 0 aromatic heterocycles. The number of ketones is 1. The monoisotopic (exact) mass is 368 g/mol. The highest BCUT2D eigenvalue weighted by Crippen LogP contribution is 2.26. The first-order valence-electron chi connectivity index (χ1n) is 9.47. The normalized spacial score (nSPS) is 15.5. The Morgan fingerprint density at radius 3 is 2.07 bits per heavy atom. The maximum Gasteiger partial charge on any atom is 0.176 e. The number of likely N-dealkylation sites (tertiary alicyclic amines) is 1. The van der Waals surface area contributed by atoms with Crippen LogP contribution in [0.3, 0.4) is 0 Å². The molecule has 0 saturated carbocycles. The third-order valence-corrected chi connectivity index (χ3v) is 5.12. The second-order valence-electron chi connectivity index (χ2n) is 6.81. The average molecular weight is 368 g/mol. The van der Waals surface area contributed by atoms with Crippen LogP contribution in [-0.2, 0) is 0 Å². The third-order valence-electron chi connectivity index (χ3n) is 5.12. The fraction of sp³-hybridized carbons (Fsp3) is 0.409. The molecule has 1 heterocycles. The van der Waals surface area contributed by atoms with Crippen molar-refractivity contribution in [1.82, 2.24) is 10.2 Å². The van der Waals surface area contributed by atoms with Crippen LogP contribution >= 0.6 is 0 Å². The minimum absolute atomic E-state index is 0.0903. The smallest absolute Gasteiger partial charge is 0.176 e. The fourth-order valence-corrected chi connectivity index (χ4v) is 3.54. The Kier molecular flexibility index (Phi) is 6.85. The molecule has 144 valence electrons. The molecule has 1 N–H and O–H groups in total. The van der Waals surface area contributed by atoms with Gasteiger partial charge in [-0.3, -0.25) is 9.69 Å². The van der Waals surface area contributed by atoms with Gasteiger partial charge < -0.3 is 14.8 Å². The van der Waals surface area contributed by atoms with Crippen molar-refractivity contribution in [2.75, 3.05) is 40.4 Å². The van der Waals surface area contributed by atoms with Crippen molar-refractivity contribution in [1.29, 1.82) is 0 Å². The van der Waals surface area contributed by atoms with E-state index in [1.165, 1.54) is 18.4 Å². The molecule has 1 atom stereocenters. The number of benzene rings is 2. The van der Waals surface area contributed by atoms with Crippen LogP contribution in [0.5, 0.6) is 11.5 Å². The van der Waals surface area contributed by atoms with Crippen LogP contribution in [0, 0.1) is 0 Å². The Hall–Kier alpha value is -2.37. The van der Waals surface area contributed by atoms with E-state index in [0.29, 0.717) is 12.1 Å². The summed E-state index contributed by atoms with van der Waals surface area (Å²) in [5.41, 5.74) is 1.95. The van der Waals surface area contributed by atoms with Crippen LogP contribution < -0.4 is 14.8 Å². The number of ether oxygens (including phenoxy) is 2. The fourth-order valence-electron chi connectivity index (χ4n) is 3.54. The van der Waals surface area contributed by atoms with Crippen molar-refractivity contribution in [2.45, 2.75) is 18.9 Å². The lowest BCUT2D eigenvalue weighted by molar-refractivity contribution is 0.0987. The van der Waals surface area contributed by atoms with Crippen molar-refractivity contribution in [2.24, 2.45) is 0 Å². The lowest BCUT2D eigenvalue weighted by atomic mass is 10.0. The molecule has 27 heavy (non-hydrogen) atoms. The zero-order valence-electron chi connectivity index (χ0n) is 16.1. The molecular formula is C22H28N2O3. The number of nitrogens with zero attached hydrogens (tertiary/aromatic N) is 1. The summed E-state index contributed by atoms with van der Waals surface area (Å²) in [6.07, 6.45) is 2.47. The molecule has 5 nitrogen and oxygen atoms in total. The number of rotatable bonds is 9. The number of hydrogen-bond donors (Lipinski definition) is 1. The minimum atomic E-state index is 0.0903. The molecule has 2 aromatic rings. The molecule has 0 bridgehead atoms. The predicted octanol–water partition coefficient (Wildman–Crippen LogP) is 3.31. The highest BCUT2D eigenvalue weighted by Gasteiger charge is 2.23. The zero-order valence-corrected chi connectivity index (χ0v) is 16.1. The standard InChI is InChI=1S/C22H28N2O3/c1-26-19-9-5-17(6-10-19)21(24-13-3-4-14-24)15-23-16-22(25)18-7-11-20(27-2)12-8-18/h5-12,21,23H,3-4,13-16H2,1-2H3. The zero-order chi connectivity index (χ0) is 19.1. The topological polar surface area (TPSA) is 50.8 Å². The van der Waals surface area contributed by atoms with Gasteiger partial charge in [0.05, 0.1) is 20.8 Å². The lowest BCUT2D eigenvalue weighted by Gasteiger charge is -2.28. The molecule has 1 aliphatic rings. The van der Waals surface area contributed by atoms with E-state index in [1.54, 1.807) is 14.2 Å². The summed E-state index contributed by atoms with van der Waals surface area (Å²) in [5.74, 6) is 1.71. The van der Waals surface area contributed by atoms with E-state index in [2.05, 4.69) is 22.3 Å². The van der Waals surface area contributed by atoms with Gasteiger partial charge in [0, 0.05) is 18.2 Å². The van der Waals surface area contributed by atoms with Gasteiger partial charge in [-0.1, -0.05) is 12.1 Å². The number of nitrogens with one attached hydrogen (secondary N) is 1. The average Bonchev–Trinajstić information content (AvgIpc) is 3.26. The second-order valence-corrected chi connectivity index (χ2v) is 6.81. The van der Waals surface area contributed by atoms with Crippen LogP contribution in [0.2, 0.25) is 0 Å². The summed E-state index contributed by atoms with van der Waals surface area (Å²) >= 11 is 0. The number of carbonyl (C=O) groups is 1. The molecule has 1 saturated heterocycles. The van der Waals surface area contributed by atoms with E-state index in [0.717, 1.165) is 31.1 Å². The number of hydrogen-bond acceptors (Lipinski definition) is 5. The first kappa shape index (κ1) is 19.4. The van der Waals surface area contributed by atoms with Crippen LogP contribution in [0.15, 0.2) is 48.5 Å². The summed E-state index contributed by atoms with van der Waals surface area (Å²) in [6.45, 7) is 3.27. The van der Waals surface area contributed by atoms with Crippen molar-refractivity contribution < 1.29 is 14.3 Å². The van der Waals surface area contributed by atoms with E-state index in [4.69, 9.17) is 9.47 Å². The minimum Gasteiger partial charge on any atom is -0.497 e. The molecule has 3 rings (SSSR count). The third kappa shape index (κ3) is 5.08. The van der Waals surface area contributed by atoms with Gasteiger partial charge in [0.15, 0.2) is 5.78 Å². The Bertz CT molecular complexity index is 722. The lowest BCUT2D eigenvalue weighted by Crippen LogP contribution is -2.36. The van der Waals surface area contributed by atoms with Gasteiger partial charge in [-0.25, -0.2) is 0 Å². The Morgan fingerprint density at radius 1 is 0.963 bits per heavy atom. The molecule has 1 aliphatic heterocycles. The Morgan fingerprint density at radius 2 is 1.52 bits per heavy atom. The molecule has 5 heteroatoms. The molecular weight excluding hydrogens is 340 g/mol. The summed E-state index contributed by atoms with van der Waals surface area (Å²) in [4.78, 5) is 14.9. The van der Waals surface area contributed by atoms with Crippen LogP contribution in [0.25, 0.3) is 0 Å². The number of Topliss-reactive ketones (excluding diaryl/α,β-unsaturated/α-hetero) is 1. The van der Waals surface area contributed by atoms with Gasteiger partial charge in [-0.2, -0.15) is 0 Å². The van der Waals surface area contributed by atoms with Gasteiger partial charge in [-0.05, 0) is 67.9 Å². The summed E-state index contributed by atoms with van der Waals surface area (Å²) < 4.78 is 10.4. The van der Waals surface area contributed by atoms with E-state index in [-0.39, 0.29) is 11.8 Å². The van der Waals surface area contributed by atoms with Crippen LogP contribution in [0.4, 0.5) is 0 Å². The van der Waals surface area contributed by atoms with E-state index in [1.807, 2.05) is 36.4 Å². The van der Waals surface area contributed by atoms with Crippen molar-refractivity contribution >= 4 is 5.78 Å². The Labute approximate surface area is 161 Å². The number of methoxy groups -OCH3 is 2. The molecule has 2 aromatic carbocycles. The van der Waals surface area contributed by atoms with E-state index < -0.39 is 0 Å². The second kappa shape index (κ2) is 9.53. The SMILES string of the molecule is COc1ccc(C(=O)CNCC(c2ccc(OC)cc2)N2CCCC2)cc1. The molecule has 0 radical (unpaired) electrons. The molecule has 0 spiro atoms. The van der Waals surface area contributed by atoms with Crippen molar-refractivity contribution in [3.05, 3.63) is 59.7 Å². The first-order chi connectivity index (χ1) is 13.2. The van der Waals surface area contributed by atoms with Gasteiger partial charge in [0.25, 0.3) is 0 Å². The van der Waals surface area contributed by atoms with Crippen LogP contribution in [0.1, 0.15) is 34.8 Å². The van der Waals surface area contributed by atoms with Gasteiger partial charge in [-0.15, -0.1) is 0 Å². The van der Waals surface area contributed by atoms with E-state index >= 15 is 0 Å². The predicted molar refractivity (Wildman–Crippen MR) is 107 cm³/mol. The molecule has 1 fully saturated rings. The maximum atomic E-state index is 12.4. The van der Waals surface area contributed by atoms with Gasteiger partial charge in [0.2, 0.25) is 0 Å². The van der Waals surface area contributed by atoms with Crippen LogP contribution in [-0.4, -0.2) is 51.1 Å². The molecule has 0 aliphatic carbocycles. The summed E-state index contributed by atoms with van der Waals surface area (Å²) in [7, 11) is 3.30.